The number of para-hydroxylation sites is 1. The summed E-state index contributed by atoms with van der Waals surface area (Å²) >= 11 is 0. The maximum atomic E-state index is 13.5. The van der Waals surface area contributed by atoms with E-state index in [1.54, 1.807) is 0 Å². The van der Waals surface area contributed by atoms with Crippen molar-refractivity contribution in [1.29, 1.82) is 0 Å². The van der Waals surface area contributed by atoms with Crippen LogP contribution in [0.3, 0.4) is 0 Å². The molecule has 1 fully saturated rings. The number of carbonyl (C=O) groups is 2. The first kappa shape index (κ1) is 21.0. The predicted molar refractivity (Wildman–Crippen MR) is 123 cm³/mol. The summed E-state index contributed by atoms with van der Waals surface area (Å²) in [4.78, 5) is 34.3. The summed E-state index contributed by atoms with van der Waals surface area (Å²) in [6, 6.07) is 19.8. The van der Waals surface area contributed by atoms with Gasteiger partial charge in [-0.2, -0.15) is 0 Å². The average Bonchev–Trinajstić information content (AvgIpc) is 2.78. The highest BCUT2D eigenvalue weighted by molar-refractivity contribution is 6.07. The van der Waals surface area contributed by atoms with E-state index in [0.29, 0.717) is 38.3 Å². The highest BCUT2D eigenvalue weighted by atomic mass is 16.2. The lowest BCUT2D eigenvalue weighted by Crippen LogP contribution is -2.51. The second-order valence-electron chi connectivity index (χ2n) is 8.23. The Kier molecular flexibility index (Phi) is 6.28. The molecular weight excluding hydrogens is 388 g/mol. The van der Waals surface area contributed by atoms with Crippen molar-refractivity contribution in [3.63, 3.8) is 0 Å². The minimum absolute atomic E-state index is 0.0158. The van der Waals surface area contributed by atoms with E-state index in [9.17, 15) is 9.59 Å². The first-order valence-electron chi connectivity index (χ1n) is 10.8. The first-order valence-corrected chi connectivity index (χ1v) is 10.8. The number of benzene rings is 2. The van der Waals surface area contributed by atoms with Gasteiger partial charge in [0.2, 0.25) is 5.91 Å². The quantitative estimate of drug-likeness (QED) is 0.694. The zero-order valence-electron chi connectivity index (χ0n) is 18.0. The van der Waals surface area contributed by atoms with Crippen molar-refractivity contribution in [2.24, 2.45) is 0 Å². The van der Waals surface area contributed by atoms with Gasteiger partial charge < -0.3 is 10.2 Å². The molecule has 2 aromatic carbocycles. The van der Waals surface area contributed by atoms with Gasteiger partial charge in [-0.1, -0.05) is 48.5 Å². The van der Waals surface area contributed by atoms with Crippen LogP contribution < -0.4 is 5.32 Å². The highest BCUT2D eigenvalue weighted by Gasteiger charge is 2.25. The predicted octanol–water partition coefficient (Wildman–Crippen LogP) is 3.18. The molecule has 1 saturated heterocycles. The molecule has 0 unspecified atom stereocenters. The Labute approximate surface area is 182 Å². The summed E-state index contributed by atoms with van der Waals surface area (Å²) in [6.07, 6.45) is 0. The lowest BCUT2D eigenvalue weighted by molar-refractivity contribution is -0.123. The highest BCUT2D eigenvalue weighted by Crippen LogP contribution is 2.26. The lowest BCUT2D eigenvalue weighted by atomic mass is 10.0. The molecule has 1 aliphatic rings. The van der Waals surface area contributed by atoms with Crippen LogP contribution in [0.25, 0.3) is 22.2 Å². The van der Waals surface area contributed by atoms with Crippen molar-refractivity contribution in [1.82, 2.24) is 20.1 Å². The molecular formula is C25H28N4O2. The monoisotopic (exact) mass is 416 g/mol. The fourth-order valence-electron chi connectivity index (χ4n) is 3.96. The van der Waals surface area contributed by atoms with Crippen LogP contribution in [0.2, 0.25) is 0 Å². The van der Waals surface area contributed by atoms with Crippen LogP contribution in [0.15, 0.2) is 60.7 Å². The van der Waals surface area contributed by atoms with Gasteiger partial charge in [-0.25, -0.2) is 4.98 Å². The van der Waals surface area contributed by atoms with E-state index < -0.39 is 0 Å². The van der Waals surface area contributed by atoms with Gasteiger partial charge in [0, 0.05) is 43.2 Å². The van der Waals surface area contributed by atoms with Crippen LogP contribution in [0.4, 0.5) is 0 Å². The summed E-state index contributed by atoms with van der Waals surface area (Å²) in [5.41, 5.74) is 3.28. The van der Waals surface area contributed by atoms with E-state index in [2.05, 4.69) is 10.2 Å². The van der Waals surface area contributed by atoms with Crippen LogP contribution in [0, 0.1) is 0 Å². The first-order chi connectivity index (χ1) is 15.0. The minimum atomic E-state index is 0.0158. The smallest absolute Gasteiger partial charge is 0.254 e. The molecule has 0 aliphatic carbocycles. The van der Waals surface area contributed by atoms with Crippen molar-refractivity contribution >= 4 is 22.7 Å². The molecule has 3 aromatic rings. The van der Waals surface area contributed by atoms with Crippen LogP contribution >= 0.6 is 0 Å². The largest absolute Gasteiger partial charge is 0.353 e. The topological polar surface area (TPSA) is 65.5 Å². The van der Waals surface area contributed by atoms with Crippen LogP contribution in [0.1, 0.15) is 24.2 Å². The van der Waals surface area contributed by atoms with Crippen molar-refractivity contribution in [2.75, 3.05) is 32.7 Å². The molecule has 1 N–H and O–H groups in total. The molecule has 0 bridgehead atoms. The zero-order valence-corrected chi connectivity index (χ0v) is 18.0. The Morgan fingerprint density at radius 2 is 1.65 bits per heavy atom. The zero-order chi connectivity index (χ0) is 21.8. The Morgan fingerprint density at radius 3 is 2.35 bits per heavy atom. The average molecular weight is 417 g/mol. The number of rotatable bonds is 5. The van der Waals surface area contributed by atoms with Crippen LogP contribution in [-0.2, 0) is 4.79 Å². The summed E-state index contributed by atoms with van der Waals surface area (Å²) in [5.74, 6) is 0.0458. The SMILES string of the molecule is CC(C)NC(=O)CN1CCN(C(=O)c2cc(-c3ccccc3)nc3ccccc23)CC1. The number of nitrogens with one attached hydrogen (secondary N) is 1. The standard InChI is InChI=1S/C25H28N4O2/c1-18(2)26-24(30)17-28-12-14-29(15-13-28)25(31)21-16-23(19-8-4-3-5-9-19)27-22-11-7-6-10-20(21)22/h3-11,16,18H,12-15,17H2,1-2H3,(H,26,30). The van der Waals surface area contributed by atoms with E-state index in [1.807, 2.05) is 79.4 Å². The molecule has 2 amide bonds. The Morgan fingerprint density at radius 1 is 0.968 bits per heavy atom. The molecule has 160 valence electrons. The summed E-state index contributed by atoms with van der Waals surface area (Å²) < 4.78 is 0. The van der Waals surface area contributed by atoms with Gasteiger partial charge in [-0.15, -0.1) is 0 Å². The maximum absolute atomic E-state index is 13.5. The molecule has 4 rings (SSSR count). The van der Waals surface area contributed by atoms with Crippen LogP contribution in [-0.4, -0.2) is 65.4 Å². The summed E-state index contributed by atoms with van der Waals surface area (Å²) in [7, 11) is 0. The molecule has 2 heterocycles. The third kappa shape index (κ3) is 4.91. The normalized spacial score (nSPS) is 14.7. The van der Waals surface area contributed by atoms with E-state index in [4.69, 9.17) is 4.98 Å². The fraction of sp³-hybridized carbons (Fsp3) is 0.320. The number of hydrogen-bond acceptors (Lipinski definition) is 4. The van der Waals surface area contributed by atoms with E-state index in [1.165, 1.54) is 0 Å². The molecule has 1 aromatic heterocycles. The maximum Gasteiger partial charge on any atom is 0.254 e. The number of piperazine rings is 1. The van der Waals surface area contributed by atoms with E-state index in [0.717, 1.165) is 22.2 Å². The van der Waals surface area contributed by atoms with Crippen molar-refractivity contribution < 1.29 is 9.59 Å². The number of carbonyl (C=O) groups excluding carboxylic acids is 2. The third-order valence-electron chi connectivity index (χ3n) is 5.49. The van der Waals surface area contributed by atoms with Crippen molar-refractivity contribution in [3.8, 4) is 11.3 Å². The van der Waals surface area contributed by atoms with Gasteiger partial charge in [-0.3, -0.25) is 14.5 Å². The third-order valence-corrected chi connectivity index (χ3v) is 5.49. The van der Waals surface area contributed by atoms with Gasteiger partial charge in [0.15, 0.2) is 0 Å². The van der Waals surface area contributed by atoms with Gasteiger partial charge in [0.1, 0.15) is 0 Å². The van der Waals surface area contributed by atoms with E-state index in [-0.39, 0.29) is 17.9 Å². The molecule has 0 radical (unpaired) electrons. The second-order valence-corrected chi connectivity index (χ2v) is 8.23. The summed E-state index contributed by atoms with van der Waals surface area (Å²) in [5, 5.41) is 3.79. The Bertz CT molecular complexity index is 1070. The molecule has 6 heteroatoms. The number of nitrogens with zero attached hydrogens (tertiary/aromatic N) is 3. The molecule has 0 saturated carbocycles. The van der Waals surface area contributed by atoms with Gasteiger partial charge in [0.25, 0.3) is 5.91 Å². The number of hydrogen-bond donors (Lipinski definition) is 1. The molecule has 6 nitrogen and oxygen atoms in total. The van der Waals surface area contributed by atoms with Gasteiger partial charge in [0.05, 0.1) is 23.3 Å². The van der Waals surface area contributed by atoms with Crippen molar-refractivity contribution in [3.05, 3.63) is 66.2 Å². The number of aromatic nitrogens is 1. The van der Waals surface area contributed by atoms with Gasteiger partial charge >= 0.3 is 0 Å². The number of amides is 2. The summed E-state index contributed by atoms with van der Waals surface area (Å²) in [6.45, 7) is 6.86. The minimum Gasteiger partial charge on any atom is -0.353 e. The molecule has 0 spiro atoms. The number of pyridine rings is 1. The van der Waals surface area contributed by atoms with Crippen LogP contribution in [0.5, 0.6) is 0 Å². The van der Waals surface area contributed by atoms with Crippen molar-refractivity contribution in [2.45, 2.75) is 19.9 Å². The Balaban J connectivity index is 1.54. The Hall–Kier alpha value is -3.25. The fourth-order valence-corrected chi connectivity index (χ4v) is 3.96. The van der Waals surface area contributed by atoms with Gasteiger partial charge in [-0.05, 0) is 26.0 Å². The second kappa shape index (κ2) is 9.27. The number of fused-ring (bicyclic) bond motifs is 1. The molecule has 31 heavy (non-hydrogen) atoms. The molecule has 1 aliphatic heterocycles. The van der Waals surface area contributed by atoms with E-state index >= 15 is 0 Å². The molecule has 0 atom stereocenters. The lowest BCUT2D eigenvalue weighted by Gasteiger charge is -2.34.